The number of rotatable bonds is 4. The van der Waals surface area contributed by atoms with Crippen LogP contribution >= 0.6 is 0 Å². The van der Waals surface area contributed by atoms with Gasteiger partial charge in [0.15, 0.2) is 0 Å². The van der Waals surface area contributed by atoms with E-state index in [-0.39, 0.29) is 4.90 Å². The molecule has 1 heterocycles. The third-order valence-corrected chi connectivity index (χ3v) is 3.95. The Morgan fingerprint density at radius 1 is 1.28 bits per heavy atom. The number of nitrogens with two attached hydrogens (primary N) is 1. The summed E-state index contributed by atoms with van der Waals surface area (Å²) in [7, 11) is -3.62. The van der Waals surface area contributed by atoms with Gasteiger partial charge in [0.05, 0.1) is 4.90 Å². The van der Waals surface area contributed by atoms with Gasteiger partial charge in [0.1, 0.15) is 12.4 Å². The molecule has 1 fully saturated rings. The number of primary sulfonamides is 1. The van der Waals surface area contributed by atoms with Crippen LogP contribution in [0.1, 0.15) is 19.3 Å². The molecule has 0 aromatic heterocycles. The van der Waals surface area contributed by atoms with Crippen LogP contribution < -0.4 is 15.2 Å². The summed E-state index contributed by atoms with van der Waals surface area (Å²) in [5, 5.41) is 8.40. The average Bonchev–Trinajstić information content (AvgIpc) is 2.37. The SMILES string of the molecule is NS(=O)(=O)c1ccc(OCC2CCCCN2)cc1. The van der Waals surface area contributed by atoms with E-state index in [1.165, 1.54) is 25.0 Å². The van der Waals surface area contributed by atoms with Crippen LogP contribution in [0.15, 0.2) is 29.2 Å². The lowest BCUT2D eigenvalue weighted by molar-refractivity contribution is 0.239. The molecule has 18 heavy (non-hydrogen) atoms. The Labute approximate surface area is 107 Å². The first-order valence-electron chi connectivity index (χ1n) is 6.05. The van der Waals surface area contributed by atoms with Crippen LogP contribution in [-0.2, 0) is 10.0 Å². The van der Waals surface area contributed by atoms with Gasteiger partial charge in [0, 0.05) is 6.04 Å². The highest BCUT2D eigenvalue weighted by atomic mass is 32.2. The summed E-state index contributed by atoms with van der Waals surface area (Å²) in [4.78, 5) is 0.102. The van der Waals surface area contributed by atoms with Crippen LogP contribution in [0.5, 0.6) is 5.75 Å². The summed E-state index contributed by atoms with van der Waals surface area (Å²) in [6.07, 6.45) is 3.57. The Balaban J connectivity index is 1.90. The molecule has 3 N–H and O–H groups in total. The monoisotopic (exact) mass is 270 g/mol. The predicted octanol–water partition coefficient (Wildman–Crippen LogP) is 0.855. The highest BCUT2D eigenvalue weighted by Gasteiger charge is 2.13. The molecule has 0 saturated carbocycles. The molecular formula is C12H18N2O3S. The van der Waals surface area contributed by atoms with E-state index < -0.39 is 10.0 Å². The third kappa shape index (κ3) is 3.69. The predicted molar refractivity (Wildman–Crippen MR) is 69.0 cm³/mol. The van der Waals surface area contributed by atoms with Crippen molar-refractivity contribution in [3.05, 3.63) is 24.3 Å². The van der Waals surface area contributed by atoms with Gasteiger partial charge >= 0.3 is 0 Å². The van der Waals surface area contributed by atoms with Crippen LogP contribution in [-0.4, -0.2) is 27.6 Å². The fourth-order valence-corrected chi connectivity index (χ4v) is 2.50. The molecule has 1 aromatic rings. The Morgan fingerprint density at radius 3 is 2.56 bits per heavy atom. The lowest BCUT2D eigenvalue weighted by Crippen LogP contribution is -2.38. The maximum absolute atomic E-state index is 11.1. The van der Waals surface area contributed by atoms with Gasteiger partial charge in [-0.3, -0.25) is 0 Å². The van der Waals surface area contributed by atoms with Gasteiger partial charge in [-0.2, -0.15) is 0 Å². The van der Waals surface area contributed by atoms with Crippen molar-refractivity contribution in [1.29, 1.82) is 0 Å². The number of hydrogen-bond acceptors (Lipinski definition) is 4. The van der Waals surface area contributed by atoms with Crippen LogP contribution in [0.25, 0.3) is 0 Å². The lowest BCUT2D eigenvalue weighted by Gasteiger charge is -2.23. The number of ether oxygens (including phenoxy) is 1. The molecular weight excluding hydrogens is 252 g/mol. The Morgan fingerprint density at radius 2 is 2.00 bits per heavy atom. The smallest absolute Gasteiger partial charge is 0.238 e. The standard InChI is InChI=1S/C12H18N2O3S/c13-18(15,16)12-6-4-11(5-7-12)17-9-10-3-1-2-8-14-10/h4-7,10,14H,1-3,8-9H2,(H2,13,15,16). The summed E-state index contributed by atoms with van der Waals surface area (Å²) in [6.45, 7) is 1.65. The number of sulfonamides is 1. The summed E-state index contributed by atoms with van der Waals surface area (Å²) in [5.41, 5.74) is 0. The molecule has 2 rings (SSSR count). The van der Waals surface area contributed by atoms with Gasteiger partial charge in [0.25, 0.3) is 0 Å². The molecule has 1 aliphatic heterocycles. The molecule has 1 aliphatic rings. The molecule has 1 atom stereocenters. The van der Waals surface area contributed by atoms with Gasteiger partial charge in [0.2, 0.25) is 10.0 Å². The van der Waals surface area contributed by atoms with Crippen molar-refractivity contribution in [3.63, 3.8) is 0 Å². The number of nitrogens with one attached hydrogen (secondary N) is 1. The average molecular weight is 270 g/mol. The van der Waals surface area contributed by atoms with E-state index in [0.29, 0.717) is 18.4 Å². The van der Waals surface area contributed by atoms with E-state index in [9.17, 15) is 8.42 Å². The number of hydrogen-bond donors (Lipinski definition) is 2. The van der Waals surface area contributed by atoms with Crippen LogP contribution in [0.2, 0.25) is 0 Å². The Bertz CT molecular complexity index is 479. The Hall–Kier alpha value is -1.11. The molecule has 100 valence electrons. The van der Waals surface area contributed by atoms with E-state index in [2.05, 4.69) is 5.32 Å². The first kappa shape index (κ1) is 13.3. The minimum Gasteiger partial charge on any atom is -0.492 e. The van der Waals surface area contributed by atoms with Gasteiger partial charge in [-0.1, -0.05) is 6.42 Å². The second kappa shape index (κ2) is 5.69. The molecule has 0 spiro atoms. The normalized spacial score (nSPS) is 20.6. The largest absolute Gasteiger partial charge is 0.492 e. The fraction of sp³-hybridized carbons (Fsp3) is 0.500. The molecule has 1 saturated heterocycles. The third-order valence-electron chi connectivity index (χ3n) is 3.02. The highest BCUT2D eigenvalue weighted by molar-refractivity contribution is 7.89. The van der Waals surface area contributed by atoms with Gasteiger partial charge < -0.3 is 10.1 Å². The minimum absolute atomic E-state index is 0.102. The van der Waals surface area contributed by atoms with E-state index in [1.54, 1.807) is 12.1 Å². The van der Waals surface area contributed by atoms with Gasteiger partial charge in [-0.15, -0.1) is 0 Å². The van der Waals surface area contributed by atoms with E-state index in [4.69, 9.17) is 9.88 Å². The minimum atomic E-state index is -3.62. The second-order valence-electron chi connectivity index (χ2n) is 4.47. The van der Waals surface area contributed by atoms with Crippen molar-refractivity contribution in [2.75, 3.05) is 13.2 Å². The number of piperidine rings is 1. The topological polar surface area (TPSA) is 81.4 Å². The van der Waals surface area contributed by atoms with Crippen LogP contribution in [0, 0.1) is 0 Å². The zero-order valence-corrected chi connectivity index (χ0v) is 10.9. The highest BCUT2D eigenvalue weighted by Crippen LogP contribution is 2.16. The molecule has 0 bridgehead atoms. The zero-order chi connectivity index (χ0) is 13.0. The molecule has 0 aliphatic carbocycles. The maximum Gasteiger partial charge on any atom is 0.238 e. The summed E-state index contributed by atoms with van der Waals surface area (Å²) in [5.74, 6) is 0.662. The van der Waals surface area contributed by atoms with Gasteiger partial charge in [-0.25, -0.2) is 13.6 Å². The second-order valence-corrected chi connectivity index (χ2v) is 6.04. The van der Waals surface area contributed by atoms with Crippen LogP contribution in [0.3, 0.4) is 0 Å². The summed E-state index contributed by atoms with van der Waals surface area (Å²) >= 11 is 0. The lowest BCUT2D eigenvalue weighted by atomic mass is 10.1. The molecule has 0 amide bonds. The summed E-state index contributed by atoms with van der Waals surface area (Å²) < 4.78 is 27.8. The van der Waals surface area contributed by atoms with Crippen molar-refractivity contribution in [2.45, 2.75) is 30.2 Å². The van der Waals surface area contributed by atoms with E-state index in [0.717, 1.165) is 13.0 Å². The van der Waals surface area contributed by atoms with Crippen molar-refractivity contribution < 1.29 is 13.2 Å². The van der Waals surface area contributed by atoms with E-state index in [1.807, 2.05) is 0 Å². The van der Waals surface area contributed by atoms with Gasteiger partial charge in [-0.05, 0) is 43.7 Å². The zero-order valence-electron chi connectivity index (χ0n) is 10.1. The fourth-order valence-electron chi connectivity index (χ4n) is 1.99. The first-order chi connectivity index (χ1) is 8.55. The quantitative estimate of drug-likeness (QED) is 0.850. The molecule has 6 heteroatoms. The van der Waals surface area contributed by atoms with Crippen LogP contribution in [0.4, 0.5) is 0 Å². The summed E-state index contributed by atoms with van der Waals surface area (Å²) in [6, 6.07) is 6.56. The number of benzene rings is 1. The van der Waals surface area contributed by atoms with E-state index >= 15 is 0 Å². The molecule has 5 nitrogen and oxygen atoms in total. The van der Waals surface area contributed by atoms with Crippen molar-refractivity contribution in [1.82, 2.24) is 5.32 Å². The Kier molecular flexibility index (Phi) is 4.21. The molecule has 1 aromatic carbocycles. The maximum atomic E-state index is 11.1. The molecule has 1 unspecified atom stereocenters. The molecule has 0 radical (unpaired) electrons. The van der Waals surface area contributed by atoms with Crippen molar-refractivity contribution in [2.24, 2.45) is 5.14 Å². The van der Waals surface area contributed by atoms with Crippen molar-refractivity contribution in [3.8, 4) is 5.75 Å². The van der Waals surface area contributed by atoms with Crippen molar-refractivity contribution >= 4 is 10.0 Å². The first-order valence-corrected chi connectivity index (χ1v) is 7.59.